The van der Waals surface area contributed by atoms with E-state index in [0.29, 0.717) is 37.4 Å². The average Bonchev–Trinajstić information content (AvgIpc) is 3.16. The van der Waals surface area contributed by atoms with Crippen molar-refractivity contribution in [3.63, 3.8) is 0 Å². The van der Waals surface area contributed by atoms with E-state index in [2.05, 4.69) is 5.32 Å². The van der Waals surface area contributed by atoms with Crippen molar-refractivity contribution < 1.29 is 23.9 Å². The average molecular weight is 401 g/mol. The molecule has 0 aromatic heterocycles. The van der Waals surface area contributed by atoms with E-state index in [0.717, 1.165) is 36.1 Å². The molecule has 2 aliphatic heterocycles. The van der Waals surface area contributed by atoms with Crippen LogP contribution in [0, 0.1) is 0 Å². The second-order valence-electron chi connectivity index (χ2n) is 7.91. The Morgan fingerprint density at radius 1 is 1.14 bits per heavy atom. The predicted molar refractivity (Wildman–Crippen MR) is 104 cm³/mol. The summed E-state index contributed by atoms with van der Waals surface area (Å²) in [5.41, 5.74) is 0.0873. The summed E-state index contributed by atoms with van der Waals surface area (Å²) >= 11 is 0. The van der Waals surface area contributed by atoms with Gasteiger partial charge in [-0.25, -0.2) is 4.79 Å². The third-order valence-corrected chi connectivity index (χ3v) is 6.04. The lowest BCUT2D eigenvalue weighted by Crippen LogP contribution is -2.47. The number of hydrogen-bond donors (Lipinski definition) is 1. The van der Waals surface area contributed by atoms with Crippen molar-refractivity contribution >= 4 is 17.8 Å². The van der Waals surface area contributed by atoms with Gasteiger partial charge in [-0.05, 0) is 37.5 Å². The molecule has 2 fully saturated rings. The van der Waals surface area contributed by atoms with Gasteiger partial charge in [0.05, 0.1) is 0 Å². The van der Waals surface area contributed by atoms with Gasteiger partial charge in [-0.1, -0.05) is 31.7 Å². The molecule has 1 saturated heterocycles. The smallest absolute Gasteiger partial charge is 0.325 e. The molecule has 1 aromatic rings. The number of urea groups is 1. The molecule has 0 radical (unpaired) electrons. The number of carbonyl (C=O) groups excluding carboxylic acids is 3. The van der Waals surface area contributed by atoms with Gasteiger partial charge in [0.15, 0.2) is 11.5 Å². The lowest BCUT2D eigenvalue weighted by Gasteiger charge is -2.26. The summed E-state index contributed by atoms with van der Waals surface area (Å²) in [6.45, 7) is 2.69. The molecule has 1 aromatic carbocycles. The van der Waals surface area contributed by atoms with Crippen LogP contribution in [-0.2, 0) is 16.1 Å². The number of ether oxygens (including phenoxy) is 2. The topological polar surface area (TPSA) is 88.2 Å². The number of fused-ring (bicyclic) bond motifs is 1. The van der Waals surface area contributed by atoms with E-state index >= 15 is 0 Å². The van der Waals surface area contributed by atoms with Gasteiger partial charge in [0, 0.05) is 13.1 Å². The van der Waals surface area contributed by atoms with Gasteiger partial charge in [0.2, 0.25) is 12.7 Å². The van der Waals surface area contributed by atoms with Crippen LogP contribution in [0.4, 0.5) is 4.79 Å². The minimum Gasteiger partial charge on any atom is -0.454 e. The lowest BCUT2D eigenvalue weighted by atomic mass is 9.90. The van der Waals surface area contributed by atoms with Crippen molar-refractivity contribution in [1.29, 1.82) is 0 Å². The fourth-order valence-electron chi connectivity index (χ4n) is 4.36. The highest BCUT2D eigenvalue weighted by molar-refractivity contribution is 6.09. The van der Waals surface area contributed by atoms with E-state index in [9.17, 15) is 14.4 Å². The maximum atomic E-state index is 13.0. The zero-order valence-corrected chi connectivity index (χ0v) is 16.7. The number of benzene rings is 1. The Morgan fingerprint density at radius 2 is 1.86 bits per heavy atom. The highest BCUT2D eigenvalue weighted by Crippen LogP contribution is 2.34. The fourth-order valence-corrected chi connectivity index (χ4v) is 4.36. The molecule has 3 aliphatic rings. The normalized spacial score (nSPS) is 20.0. The SMILES string of the molecule is CCN(Cc1ccc2c(c1)OCO2)C(=O)CN1C(=O)NC2(CCCCCC2)C1=O. The number of nitrogens with one attached hydrogen (secondary N) is 1. The minimum absolute atomic E-state index is 0.198. The van der Waals surface area contributed by atoms with E-state index in [1.807, 2.05) is 25.1 Å². The fraction of sp³-hybridized carbons (Fsp3) is 0.571. The van der Waals surface area contributed by atoms with Crippen LogP contribution < -0.4 is 14.8 Å². The summed E-state index contributed by atoms with van der Waals surface area (Å²) in [6.07, 6.45) is 5.28. The van der Waals surface area contributed by atoms with Crippen LogP contribution in [-0.4, -0.2) is 53.1 Å². The van der Waals surface area contributed by atoms with E-state index in [1.54, 1.807) is 4.90 Å². The zero-order valence-electron chi connectivity index (χ0n) is 16.7. The molecule has 1 saturated carbocycles. The number of imide groups is 1. The van der Waals surface area contributed by atoms with Crippen LogP contribution in [0.25, 0.3) is 0 Å². The minimum atomic E-state index is -0.817. The molecular formula is C21H27N3O5. The van der Waals surface area contributed by atoms with Crippen molar-refractivity contribution in [3.05, 3.63) is 23.8 Å². The Labute approximate surface area is 170 Å². The first-order chi connectivity index (χ1) is 14.0. The first-order valence-electron chi connectivity index (χ1n) is 10.3. The Kier molecular flexibility index (Phi) is 5.34. The predicted octanol–water partition coefficient (Wildman–Crippen LogP) is 2.41. The molecule has 4 rings (SSSR count). The molecule has 156 valence electrons. The van der Waals surface area contributed by atoms with Gasteiger partial charge in [-0.15, -0.1) is 0 Å². The van der Waals surface area contributed by atoms with E-state index < -0.39 is 11.6 Å². The summed E-state index contributed by atoms with van der Waals surface area (Å²) < 4.78 is 10.7. The molecule has 0 unspecified atom stereocenters. The molecule has 8 heteroatoms. The second-order valence-corrected chi connectivity index (χ2v) is 7.91. The van der Waals surface area contributed by atoms with Crippen LogP contribution >= 0.6 is 0 Å². The number of carbonyl (C=O) groups is 3. The quantitative estimate of drug-likeness (QED) is 0.766. The van der Waals surface area contributed by atoms with Crippen molar-refractivity contribution in [2.45, 2.75) is 57.5 Å². The monoisotopic (exact) mass is 401 g/mol. The second kappa shape index (κ2) is 7.93. The zero-order chi connectivity index (χ0) is 20.4. The van der Waals surface area contributed by atoms with Gasteiger partial charge < -0.3 is 19.7 Å². The van der Waals surface area contributed by atoms with Gasteiger partial charge in [0.1, 0.15) is 12.1 Å². The maximum Gasteiger partial charge on any atom is 0.325 e. The molecule has 0 bridgehead atoms. The van der Waals surface area contributed by atoms with Crippen molar-refractivity contribution in [1.82, 2.24) is 15.1 Å². The Morgan fingerprint density at radius 3 is 2.59 bits per heavy atom. The van der Waals surface area contributed by atoms with Gasteiger partial charge in [-0.2, -0.15) is 0 Å². The van der Waals surface area contributed by atoms with Crippen LogP contribution in [0.2, 0.25) is 0 Å². The Hall–Kier alpha value is -2.77. The molecule has 0 atom stereocenters. The van der Waals surface area contributed by atoms with Crippen LogP contribution in [0.5, 0.6) is 11.5 Å². The summed E-state index contributed by atoms with van der Waals surface area (Å²) in [6, 6.07) is 5.11. The first-order valence-corrected chi connectivity index (χ1v) is 10.3. The summed E-state index contributed by atoms with van der Waals surface area (Å²) in [5, 5.41) is 2.89. The van der Waals surface area contributed by atoms with Gasteiger partial charge in [-0.3, -0.25) is 14.5 Å². The molecule has 1 N–H and O–H groups in total. The number of nitrogens with zero attached hydrogens (tertiary/aromatic N) is 2. The number of rotatable bonds is 5. The van der Waals surface area contributed by atoms with Crippen molar-refractivity contribution in [2.75, 3.05) is 19.9 Å². The highest BCUT2D eigenvalue weighted by atomic mass is 16.7. The van der Waals surface area contributed by atoms with Crippen molar-refractivity contribution in [3.8, 4) is 11.5 Å². The maximum absolute atomic E-state index is 13.0. The van der Waals surface area contributed by atoms with Gasteiger partial charge >= 0.3 is 6.03 Å². The molecule has 8 nitrogen and oxygen atoms in total. The number of hydrogen-bond acceptors (Lipinski definition) is 5. The van der Waals surface area contributed by atoms with Crippen molar-refractivity contribution in [2.24, 2.45) is 0 Å². The molecule has 4 amide bonds. The molecule has 1 aliphatic carbocycles. The largest absolute Gasteiger partial charge is 0.454 e. The highest BCUT2D eigenvalue weighted by Gasteiger charge is 2.51. The van der Waals surface area contributed by atoms with Gasteiger partial charge in [0.25, 0.3) is 5.91 Å². The molecular weight excluding hydrogens is 374 g/mol. The summed E-state index contributed by atoms with van der Waals surface area (Å²) in [5.74, 6) is 0.850. The van der Waals surface area contributed by atoms with Crippen LogP contribution in [0.3, 0.4) is 0 Å². The van der Waals surface area contributed by atoms with Crippen LogP contribution in [0.1, 0.15) is 51.0 Å². The number of amides is 4. The van der Waals surface area contributed by atoms with E-state index in [4.69, 9.17) is 9.47 Å². The standard InChI is InChI=1S/C21H27N3O5/c1-2-23(12-15-7-8-16-17(11-15)29-14-28-16)18(25)13-24-19(26)21(22-20(24)27)9-5-3-4-6-10-21/h7-8,11H,2-6,9-10,12-14H2,1H3,(H,22,27). The van der Waals surface area contributed by atoms with Crippen LogP contribution in [0.15, 0.2) is 18.2 Å². The Bertz CT molecular complexity index is 817. The Balaban J connectivity index is 1.43. The van der Waals surface area contributed by atoms with E-state index in [1.165, 1.54) is 0 Å². The lowest BCUT2D eigenvalue weighted by molar-refractivity contribution is -0.139. The molecule has 1 spiro atoms. The third-order valence-electron chi connectivity index (χ3n) is 6.04. The number of likely N-dealkylation sites (N-methyl/N-ethyl adjacent to an activating group) is 1. The summed E-state index contributed by atoms with van der Waals surface area (Å²) in [4.78, 5) is 41.1. The summed E-state index contributed by atoms with van der Waals surface area (Å²) in [7, 11) is 0. The first kappa shape index (κ1) is 19.5. The van der Waals surface area contributed by atoms with E-state index in [-0.39, 0.29) is 25.2 Å². The molecule has 29 heavy (non-hydrogen) atoms. The third kappa shape index (κ3) is 3.75. The molecule has 2 heterocycles.